The summed E-state index contributed by atoms with van der Waals surface area (Å²) in [6.07, 6.45) is 0.760. The Kier molecular flexibility index (Phi) is 7.33. The van der Waals surface area contributed by atoms with Gasteiger partial charge in [0.15, 0.2) is 6.10 Å². The third kappa shape index (κ3) is 5.76. The first-order valence-corrected chi connectivity index (χ1v) is 10.3. The van der Waals surface area contributed by atoms with E-state index in [1.54, 1.807) is 69.3 Å². The Bertz CT molecular complexity index is 1150. The van der Waals surface area contributed by atoms with E-state index >= 15 is 0 Å². The van der Waals surface area contributed by atoms with Crippen LogP contribution in [0, 0.1) is 13.8 Å². The zero-order chi connectivity index (χ0) is 23.3. The van der Waals surface area contributed by atoms with Crippen molar-refractivity contribution < 1.29 is 18.7 Å². The summed E-state index contributed by atoms with van der Waals surface area (Å²) in [4.78, 5) is 24.6. The minimum absolute atomic E-state index is 0.278. The normalized spacial score (nSPS) is 12.2. The van der Waals surface area contributed by atoms with Crippen LogP contribution in [-0.4, -0.2) is 23.6 Å². The first-order chi connectivity index (χ1) is 15.2. The van der Waals surface area contributed by atoms with Crippen LogP contribution in [0.15, 0.2) is 64.3 Å². The number of nitrogens with one attached hydrogen (secondary N) is 2. The van der Waals surface area contributed by atoms with Gasteiger partial charge in [0.1, 0.15) is 11.5 Å². The Morgan fingerprint density at radius 1 is 1.09 bits per heavy atom. The third-order valence-electron chi connectivity index (χ3n) is 4.81. The molecule has 0 saturated heterocycles. The molecule has 0 aliphatic carbocycles. The van der Waals surface area contributed by atoms with E-state index in [4.69, 9.17) is 20.8 Å². The largest absolute Gasteiger partial charge is 0.481 e. The molecule has 0 bridgehead atoms. The average Bonchev–Trinajstić information content (AvgIpc) is 3.20. The highest BCUT2D eigenvalue weighted by Gasteiger charge is 2.16. The van der Waals surface area contributed by atoms with Crippen LogP contribution in [0.5, 0.6) is 5.75 Å². The summed E-state index contributed by atoms with van der Waals surface area (Å²) in [5.74, 6) is 0.511. The Morgan fingerprint density at radius 3 is 2.44 bits per heavy atom. The number of halogens is 1. The van der Waals surface area contributed by atoms with Gasteiger partial charge in [-0.05, 0) is 75.2 Å². The smallest absolute Gasteiger partial charge is 0.274 e. The molecule has 0 fully saturated rings. The highest BCUT2D eigenvalue weighted by molar-refractivity contribution is 6.30. The molecule has 0 aliphatic heterocycles. The number of ether oxygens (including phenoxy) is 1. The van der Waals surface area contributed by atoms with Gasteiger partial charge >= 0.3 is 0 Å². The van der Waals surface area contributed by atoms with Crippen LogP contribution in [0.3, 0.4) is 0 Å². The fraction of sp³-hybridized carbons (Fsp3) is 0.208. The molecule has 3 rings (SSSR count). The van der Waals surface area contributed by atoms with Crippen molar-refractivity contribution in [3.8, 4) is 5.75 Å². The van der Waals surface area contributed by atoms with E-state index in [9.17, 15) is 9.59 Å². The molecule has 2 aromatic carbocycles. The lowest BCUT2D eigenvalue weighted by molar-refractivity contribution is -0.122. The Hall–Kier alpha value is -3.58. The number of hydrazone groups is 1. The molecule has 0 spiro atoms. The van der Waals surface area contributed by atoms with Crippen LogP contribution < -0.4 is 15.5 Å². The number of rotatable bonds is 7. The number of carbonyl (C=O) groups excluding carboxylic acids is 2. The Balaban J connectivity index is 1.58. The maximum Gasteiger partial charge on any atom is 0.274 e. The molecule has 0 radical (unpaired) electrons. The van der Waals surface area contributed by atoms with Gasteiger partial charge < -0.3 is 14.5 Å². The molecule has 1 aromatic heterocycles. The van der Waals surface area contributed by atoms with E-state index in [2.05, 4.69) is 15.8 Å². The first kappa shape index (κ1) is 23.1. The average molecular weight is 454 g/mol. The standard InChI is InChI=1S/C24H24ClN3O4/c1-14-13-19(25)7-10-22(14)32-17(4)23(29)26-20-8-5-18(6-9-20)15(2)27-28-24(30)21-11-12-31-16(21)3/h5-13,17H,1-4H3,(H,26,29)(H,28,30)/b27-15-/t17-/m0/s1. The SMILES string of the molecule is C/C(=N/NC(=O)c1ccoc1C)c1ccc(NC(=O)[C@H](C)Oc2ccc(Cl)cc2C)cc1. The highest BCUT2D eigenvalue weighted by Crippen LogP contribution is 2.23. The molecular formula is C24H24ClN3O4. The summed E-state index contributed by atoms with van der Waals surface area (Å²) in [6, 6.07) is 14.0. The van der Waals surface area contributed by atoms with Gasteiger partial charge in [-0.15, -0.1) is 0 Å². The van der Waals surface area contributed by atoms with Crippen molar-refractivity contribution in [2.45, 2.75) is 33.8 Å². The van der Waals surface area contributed by atoms with Crippen molar-refractivity contribution in [1.29, 1.82) is 0 Å². The highest BCUT2D eigenvalue weighted by atomic mass is 35.5. The lowest BCUT2D eigenvalue weighted by Gasteiger charge is -2.16. The topological polar surface area (TPSA) is 92.9 Å². The number of hydrogen-bond donors (Lipinski definition) is 2. The second-order valence-corrected chi connectivity index (χ2v) is 7.70. The first-order valence-electron chi connectivity index (χ1n) is 9.97. The maximum atomic E-state index is 12.5. The second-order valence-electron chi connectivity index (χ2n) is 7.27. The van der Waals surface area contributed by atoms with E-state index in [1.807, 2.05) is 6.92 Å². The summed E-state index contributed by atoms with van der Waals surface area (Å²) < 4.78 is 10.9. The van der Waals surface area contributed by atoms with Gasteiger partial charge in [-0.25, -0.2) is 5.43 Å². The summed E-state index contributed by atoms with van der Waals surface area (Å²) >= 11 is 5.96. The van der Waals surface area contributed by atoms with E-state index in [0.29, 0.717) is 33.5 Å². The number of furan rings is 1. The molecule has 1 atom stereocenters. The number of anilines is 1. The van der Waals surface area contributed by atoms with E-state index in [-0.39, 0.29) is 11.8 Å². The molecule has 0 saturated carbocycles. The van der Waals surface area contributed by atoms with Crippen LogP contribution in [0.1, 0.15) is 41.1 Å². The number of hydrogen-bond acceptors (Lipinski definition) is 5. The maximum absolute atomic E-state index is 12.5. The van der Waals surface area contributed by atoms with Crippen molar-refractivity contribution in [1.82, 2.24) is 5.43 Å². The molecule has 1 heterocycles. The molecule has 2 N–H and O–H groups in total. The number of aryl methyl sites for hydroxylation is 2. The summed E-state index contributed by atoms with van der Waals surface area (Å²) in [7, 11) is 0. The van der Waals surface area contributed by atoms with Crippen LogP contribution in [0.2, 0.25) is 5.02 Å². The summed E-state index contributed by atoms with van der Waals surface area (Å²) in [5, 5.41) is 7.57. The van der Waals surface area contributed by atoms with Gasteiger partial charge in [0.05, 0.1) is 17.5 Å². The molecule has 166 valence electrons. The van der Waals surface area contributed by atoms with Crippen LogP contribution in [-0.2, 0) is 4.79 Å². The molecule has 2 amide bonds. The minimum atomic E-state index is -0.695. The van der Waals surface area contributed by atoms with Crippen molar-refractivity contribution >= 4 is 34.8 Å². The minimum Gasteiger partial charge on any atom is -0.481 e. The van der Waals surface area contributed by atoms with Crippen LogP contribution in [0.4, 0.5) is 5.69 Å². The quantitative estimate of drug-likeness (QED) is 0.384. The second kappa shape index (κ2) is 10.2. The van der Waals surface area contributed by atoms with E-state index in [1.165, 1.54) is 6.26 Å². The van der Waals surface area contributed by atoms with E-state index < -0.39 is 6.10 Å². The monoisotopic (exact) mass is 453 g/mol. The molecule has 0 aliphatic rings. The third-order valence-corrected chi connectivity index (χ3v) is 5.04. The van der Waals surface area contributed by atoms with Gasteiger partial charge in [0, 0.05) is 10.7 Å². The van der Waals surface area contributed by atoms with Crippen molar-refractivity contribution in [3.05, 3.63) is 82.3 Å². The van der Waals surface area contributed by atoms with Crippen molar-refractivity contribution in [3.63, 3.8) is 0 Å². The lowest BCUT2D eigenvalue weighted by Crippen LogP contribution is -2.30. The van der Waals surface area contributed by atoms with Crippen molar-refractivity contribution in [2.75, 3.05) is 5.32 Å². The van der Waals surface area contributed by atoms with Gasteiger partial charge in [-0.1, -0.05) is 23.7 Å². The summed E-state index contributed by atoms with van der Waals surface area (Å²) in [5.41, 5.74) is 5.84. The van der Waals surface area contributed by atoms with E-state index in [0.717, 1.165) is 11.1 Å². The predicted molar refractivity (Wildman–Crippen MR) is 124 cm³/mol. The zero-order valence-electron chi connectivity index (χ0n) is 18.2. The molecule has 0 unspecified atom stereocenters. The molecule has 8 heteroatoms. The number of benzene rings is 2. The Morgan fingerprint density at radius 2 is 1.81 bits per heavy atom. The molecular weight excluding hydrogens is 430 g/mol. The number of amides is 2. The van der Waals surface area contributed by atoms with Crippen molar-refractivity contribution in [2.24, 2.45) is 5.10 Å². The number of carbonyl (C=O) groups is 2. The zero-order valence-corrected chi connectivity index (χ0v) is 19.0. The fourth-order valence-electron chi connectivity index (χ4n) is 2.91. The lowest BCUT2D eigenvalue weighted by atomic mass is 10.1. The Labute approximate surface area is 191 Å². The molecule has 3 aromatic rings. The summed E-state index contributed by atoms with van der Waals surface area (Å²) in [6.45, 7) is 7.04. The molecule has 32 heavy (non-hydrogen) atoms. The van der Waals surface area contributed by atoms with Gasteiger partial charge in [0.2, 0.25) is 0 Å². The predicted octanol–water partition coefficient (Wildman–Crippen LogP) is 5.11. The van der Waals surface area contributed by atoms with Crippen LogP contribution in [0.25, 0.3) is 0 Å². The number of nitrogens with zero attached hydrogens (tertiary/aromatic N) is 1. The van der Waals surface area contributed by atoms with Gasteiger partial charge in [0.25, 0.3) is 11.8 Å². The molecule has 7 nitrogen and oxygen atoms in total. The fourth-order valence-corrected chi connectivity index (χ4v) is 3.13. The van der Waals surface area contributed by atoms with Gasteiger partial charge in [-0.2, -0.15) is 5.10 Å². The van der Waals surface area contributed by atoms with Crippen LogP contribution >= 0.6 is 11.6 Å². The van der Waals surface area contributed by atoms with Gasteiger partial charge in [-0.3, -0.25) is 9.59 Å².